The Bertz CT molecular complexity index is 1200. The van der Waals surface area contributed by atoms with E-state index in [1.807, 2.05) is 76.2 Å². The van der Waals surface area contributed by atoms with E-state index in [0.29, 0.717) is 47.5 Å². The zero-order valence-electron chi connectivity index (χ0n) is 23.5. The minimum absolute atomic E-state index is 0.264. The van der Waals surface area contributed by atoms with Crippen molar-refractivity contribution in [1.29, 1.82) is 0 Å². The molecule has 3 aromatic rings. The molecule has 0 bridgehead atoms. The van der Waals surface area contributed by atoms with E-state index in [4.69, 9.17) is 0 Å². The van der Waals surface area contributed by atoms with Crippen LogP contribution in [-0.4, -0.2) is 49.9 Å². The van der Waals surface area contributed by atoms with Crippen molar-refractivity contribution < 1.29 is 9.59 Å². The largest absolute Gasteiger partial charge is 0.356 e. The third-order valence-electron chi connectivity index (χ3n) is 5.54. The summed E-state index contributed by atoms with van der Waals surface area (Å²) in [6.45, 7) is 10.8. The Morgan fingerprint density at radius 1 is 0.500 bits per heavy atom. The highest BCUT2D eigenvalue weighted by Gasteiger charge is 2.10. The van der Waals surface area contributed by atoms with Gasteiger partial charge >= 0.3 is 0 Å². The van der Waals surface area contributed by atoms with E-state index in [0.717, 1.165) is 24.5 Å². The Morgan fingerprint density at radius 3 is 1.07 bits per heavy atom. The standard InChI is InChI=1S/C30H38N8O2/c1-5-31-29(32-6-2)37-25-17-13-23(14-18-25)35-27(39)21-9-11-22(12-10-21)28(40)36-24-15-19-26(20-16-24)38-30(33-7-3)34-8-4/h9-20H,5-8H2,1-4H3,(H,35,39)(H,36,40)(H2,31,32,37)(H2,33,34,38). The maximum atomic E-state index is 12.7. The van der Waals surface area contributed by atoms with Gasteiger partial charge in [0.15, 0.2) is 11.9 Å². The highest BCUT2D eigenvalue weighted by Crippen LogP contribution is 2.17. The molecule has 3 aromatic carbocycles. The summed E-state index contributed by atoms with van der Waals surface area (Å²) in [5.41, 5.74) is 3.93. The number of rotatable bonds is 10. The van der Waals surface area contributed by atoms with Crippen molar-refractivity contribution in [2.45, 2.75) is 27.7 Å². The number of hydrogen-bond acceptors (Lipinski definition) is 4. The summed E-state index contributed by atoms with van der Waals surface area (Å²) in [7, 11) is 0. The van der Waals surface area contributed by atoms with Crippen LogP contribution in [0.2, 0.25) is 0 Å². The van der Waals surface area contributed by atoms with Crippen LogP contribution in [0.1, 0.15) is 48.4 Å². The molecule has 0 saturated heterocycles. The monoisotopic (exact) mass is 542 g/mol. The Morgan fingerprint density at radius 2 is 0.800 bits per heavy atom. The van der Waals surface area contributed by atoms with Gasteiger partial charge in [0, 0.05) is 60.1 Å². The Balaban J connectivity index is 1.55. The fourth-order valence-electron chi connectivity index (χ4n) is 3.66. The van der Waals surface area contributed by atoms with Gasteiger partial charge in [0.2, 0.25) is 0 Å². The van der Waals surface area contributed by atoms with Crippen molar-refractivity contribution in [3.8, 4) is 0 Å². The second-order valence-electron chi connectivity index (χ2n) is 8.60. The molecule has 0 fully saturated rings. The molecule has 0 aliphatic rings. The zero-order valence-corrected chi connectivity index (χ0v) is 23.5. The quantitative estimate of drug-likeness (QED) is 0.158. The molecule has 0 saturated carbocycles. The van der Waals surface area contributed by atoms with Crippen LogP contribution in [-0.2, 0) is 0 Å². The maximum Gasteiger partial charge on any atom is 0.255 e. The molecule has 0 aromatic heterocycles. The first-order valence-corrected chi connectivity index (χ1v) is 13.5. The molecule has 0 unspecified atom stereocenters. The van der Waals surface area contributed by atoms with Crippen molar-refractivity contribution >= 4 is 46.5 Å². The smallest absolute Gasteiger partial charge is 0.255 e. The van der Waals surface area contributed by atoms with Crippen LogP contribution in [0.5, 0.6) is 0 Å². The van der Waals surface area contributed by atoms with Crippen LogP contribution in [0, 0.1) is 0 Å². The predicted octanol–water partition coefficient (Wildman–Crippen LogP) is 4.99. The molecule has 6 N–H and O–H groups in total. The molecule has 0 spiro atoms. The van der Waals surface area contributed by atoms with Gasteiger partial charge in [-0.15, -0.1) is 0 Å². The Kier molecular flexibility index (Phi) is 11.5. The van der Waals surface area contributed by atoms with E-state index in [-0.39, 0.29) is 11.8 Å². The molecule has 0 aliphatic heterocycles. The second-order valence-corrected chi connectivity index (χ2v) is 8.60. The highest BCUT2D eigenvalue weighted by atomic mass is 16.2. The van der Waals surface area contributed by atoms with E-state index < -0.39 is 0 Å². The summed E-state index contributed by atoms with van der Waals surface area (Å²) in [6.07, 6.45) is 0. The maximum absolute atomic E-state index is 12.7. The second kappa shape index (κ2) is 15.5. The van der Waals surface area contributed by atoms with E-state index in [2.05, 4.69) is 41.9 Å². The molecule has 40 heavy (non-hydrogen) atoms. The van der Waals surface area contributed by atoms with Gasteiger partial charge in [-0.1, -0.05) is 0 Å². The minimum Gasteiger partial charge on any atom is -0.356 e. The molecule has 10 heteroatoms. The first-order chi connectivity index (χ1) is 19.4. The Hall–Kier alpha value is -4.86. The van der Waals surface area contributed by atoms with E-state index in [1.165, 1.54) is 0 Å². The van der Waals surface area contributed by atoms with Crippen LogP contribution in [0.4, 0.5) is 22.7 Å². The van der Waals surface area contributed by atoms with Crippen molar-refractivity contribution in [2.75, 3.05) is 47.4 Å². The van der Waals surface area contributed by atoms with Crippen LogP contribution in [0.3, 0.4) is 0 Å². The van der Waals surface area contributed by atoms with Gasteiger partial charge in [0.25, 0.3) is 11.8 Å². The highest BCUT2D eigenvalue weighted by molar-refractivity contribution is 6.07. The number of carbonyl (C=O) groups is 2. The molecule has 2 amide bonds. The Labute approximate surface area is 235 Å². The average Bonchev–Trinajstić information content (AvgIpc) is 2.96. The lowest BCUT2D eigenvalue weighted by Crippen LogP contribution is -2.30. The number of nitrogens with one attached hydrogen (secondary N) is 6. The van der Waals surface area contributed by atoms with Gasteiger partial charge in [-0.05, 0) is 100 Å². The van der Waals surface area contributed by atoms with Gasteiger partial charge in [-0.2, -0.15) is 0 Å². The molecule has 0 aliphatic carbocycles. The van der Waals surface area contributed by atoms with Gasteiger partial charge in [-0.25, -0.2) is 0 Å². The summed E-state index contributed by atoms with van der Waals surface area (Å²) < 4.78 is 0. The SMILES string of the molecule is CCN=C(NCC)Nc1ccc(NC(=O)c2ccc(C(=O)Nc3ccc(NC(=NCC)NCC)cc3)cc2)cc1. The lowest BCUT2D eigenvalue weighted by molar-refractivity contribution is 0.101. The lowest BCUT2D eigenvalue weighted by atomic mass is 10.1. The molecule has 0 radical (unpaired) electrons. The summed E-state index contributed by atoms with van der Waals surface area (Å²) in [6, 6.07) is 21.3. The molecule has 0 atom stereocenters. The number of anilines is 4. The van der Waals surface area contributed by atoms with Gasteiger partial charge in [-0.3, -0.25) is 19.6 Å². The summed E-state index contributed by atoms with van der Waals surface area (Å²) in [5.74, 6) is 0.882. The topological polar surface area (TPSA) is 131 Å². The van der Waals surface area contributed by atoms with Crippen LogP contribution < -0.4 is 31.9 Å². The first-order valence-electron chi connectivity index (χ1n) is 13.5. The third kappa shape index (κ3) is 9.16. The fourth-order valence-corrected chi connectivity index (χ4v) is 3.66. The number of guanidine groups is 2. The number of aliphatic imine (C=N–C) groups is 2. The molecule has 0 heterocycles. The molecule has 3 rings (SSSR count). The fraction of sp³-hybridized carbons (Fsp3) is 0.267. The average molecular weight is 543 g/mol. The summed E-state index contributed by atoms with van der Waals surface area (Å²) in [5, 5.41) is 18.6. The number of amides is 2. The van der Waals surface area contributed by atoms with Gasteiger partial charge < -0.3 is 31.9 Å². The summed E-state index contributed by atoms with van der Waals surface area (Å²) >= 11 is 0. The van der Waals surface area contributed by atoms with Crippen molar-refractivity contribution in [2.24, 2.45) is 9.98 Å². The zero-order chi connectivity index (χ0) is 28.7. The molecular weight excluding hydrogens is 504 g/mol. The van der Waals surface area contributed by atoms with E-state index >= 15 is 0 Å². The predicted molar refractivity (Wildman–Crippen MR) is 166 cm³/mol. The van der Waals surface area contributed by atoms with Crippen LogP contribution in [0.25, 0.3) is 0 Å². The summed E-state index contributed by atoms with van der Waals surface area (Å²) in [4.78, 5) is 34.2. The molecule has 210 valence electrons. The van der Waals surface area contributed by atoms with Gasteiger partial charge in [0.1, 0.15) is 0 Å². The van der Waals surface area contributed by atoms with Crippen LogP contribution in [0.15, 0.2) is 82.8 Å². The number of hydrogen-bond donors (Lipinski definition) is 6. The van der Waals surface area contributed by atoms with Crippen molar-refractivity contribution in [3.05, 3.63) is 83.9 Å². The third-order valence-corrected chi connectivity index (χ3v) is 5.54. The lowest BCUT2D eigenvalue weighted by Gasteiger charge is -2.12. The number of nitrogens with zero attached hydrogens (tertiary/aromatic N) is 2. The van der Waals surface area contributed by atoms with Gasteiger partial charge in [0.05, 0.1) is 0 Å². The van der Waals surface area contributed by atoms with Crippen molar-refractivity contribution in [1.82, 2.24) is 10.6 Å². The number of carbonyl (C=O) groups excluding carboxylic acids is 2. The molecular formula is C30H38N8O2. The molecule has 10 nitrogen and oxygen atoms in total. The first kappa shape index (κ1) is 29.7. The van der Waals surface area contributed by atoms with Crippen LogP contribution >= 0.6 is 0 Å². The van der Waals surface area contributed by atoms with E-state index in [9.17, 15) is 9.59 Å². The normalized spacial score (nSPS) is 11.4. The van der Waals surface area contributed by atoms with E-state index in [1.54, 1.807) is 24.3 Å². The van der Waals surface area contributed by atoms with Crippen molar-refractivity contribution in [3.63, 3.8) is 0 Å². The minimum atomic E-state index is -0.264. The number of benzene rings is 3.